The van der Waals surface area contributed by atoms with Crippen LogP contribution >= 0.6 is 0 Å². The summed E-state index contributed by atoms with van der Waals surface area (Å²) in [6.07, 6.45) is 7.03. The molecule has 32 heavy (non-hydrogen) atoms. The quantitative estimate of drug-likeness (QED) is 0.223. The van der Waals surface area contributed by atoms with Gasteiger partial charge in [0.1, 0.15) is 30.9 Å². The Morgan fingerprint density at radius 2 is 1.78 bits per heavy atom. The van der Waals surface area contributed by atoms with Crippen molar-refractivity contribution in [2.24, 2.45) is 11.5 Å². The molecule has 9 N–H and O–H groups in total. The predicted molar refractivity (Wildman–Crippen MR) is 125 cm³/mol. The molecule has 11 heteroatoms. The minimum Gasteiger partial charge on any atom is -0.388 e. The highest BCUT2D eigenvalue weighted by atomic mass is 16.6. The third-order valence-electron chi connectivity index (χ3n) is 6.31. The van der Waals surface area contributed by atoms with Crippen LogP contribution in [0, 0.1) is 0 Å². The van der Waals surface area contributed by atoms with Gasteiger partial charge in [-0.1, -0.05) is 32.1 Å². The van der Waals surface area contributed by atoms with Crippen molar-refractivity contribution in [1.29, 1.82) is 0 Å². The summed E-state index contributed by atoms with van der Waals surface area (Å²) in [5.74, 6) is 0.916. The lowest BCUT2D eigenvalue weighted by molar-refractivity contribution is 0.0149. The molecule has 3 rings (SSSR count). The standard InChI is InChI=1S/C21H40N8O3/c1-14-17(30)18(31)21(32-14)28-13-29(16-19(24)25-12-26-20(16)28)27-15(9-11-23)8-6-4-2-3-5-7-10-22/h12,14-15,17-18,21,27,30-31H,2-11,13,22-23H2,1H3,(H2,24,25,26)/t14-,15?,17?,18?,21-/m1/s1. The highest BCUT2D eigenvalue weighted by Crippen LogP contribution is 2.40. The maximum Gasteiger partial charge on any atom is 0.162 e. The Bertz CT molecular complexity index is 712. The number of anilines is 3. The maximum atomic E-state index is 10.5. The first kappa shape index (κ1) is 24.9. The molecule has 3 unspecified atom stereocenters. The molecule has 2 aliphatic rings. The van der Waals surface area contributed by atoms with Gasteiger partial charge < -0.3 is 37.1 Å². The lowest BCUT2D eigenvalue weighted by Crippen LogP contribution is -2.51. The summed E-state index contributed by atoms with van der Waals surface area (Å²) in [6, 6.07) is 0.176. The van der Waals surface area contributed by atoms with Crippen molar-refractivity contribution in [2.75, 3.05) is 35.4 Å². The molecule has 0 aliphatic carbocycles. The fraction of sp³-hybridized carbons (Fsp3) is 0.810. The minimum atomic E-state index is -1.05. The number of ether oxygens (including phenoxy) is 1. The average molecular weight is 453 g/mol. The fourth-order valence-corrected chi connectivity index (χ4v) is 4.47. The van der Waals surface area contributed by atoms with Crippen LogP contribution in [0.15, 0.2) is 6.33 Å². The van der Waals surface area contributed by atoms with Gasteiger partial charge in [-0.25, -0.2) is 15.4 Å². The van der Waals surface area contributed by atoms with E-state index in [1.807, 2.05) is 9.91 Å². The molecule has 5 atom stereocenters. The van der Waals surface area contributed by atoms with Gasteiger partial charge in [-0.3, -0.25) is 5.01 Å². The van der Waals surface area contributed by atoms with E-state index in [0.717, 1.165) is 32.2 Å². The number of aliphatic hydroxyl groups is 2. The molecule has 0 radical (unpaired) electrons. The largest absolute Gasteiger partial charge is 0.388 e. The first-order chi connectivity index (χ1) is 15.5. The molecule has 1 saturated heterocycles. The van der Waals surface area contributed by atoms with Crippen LogP contribution < -0.4 is 32.5 Å². The Balaban J connectivity index is 1.63. The molecular formula is C21H40N8O3. The second-order valence-electron chi connectivity index (χ2n) is 8.79. The summed E-state index contributed by atoms with van der Waals surface area (Å²) >= 11 is 0. The molecule has 2 aliphatic heterocycles. The average Bonchev–Trinajstić information content (AvgIpc) is 3.26. The third-order valence-corrected chi connectivity index (χ3v) is 6.31. The first-order valence-corrected chi connectivity index (χ1v) is 11.8. The van der Waals surface area contributed by atoms with Gasteiger partial charge in [-0.2, -0.15) is 0 Å². The predicted octanol–water partition coefficient (Wildman–Crippen LogP) is 0.0207. The number of hydrogen-bond donors (Lipinski definition) is 6. The van der Waals surface area contributed by atoms with Gasteiger partial charge in [-0.15, -0.1) is 0 Å². The van der Waals surface area contributed by atoms with Gasteiger partial charge in [-0.05, 0) is 39.3 Å². The summed E-state index contributed by atoms with van der Waals surface area (Å²) in [5, 5.41) is 22.6. The van der Waals surface area contributed by atoms with Crippen molar-refractivity contribution in [3.8, 4) is 0 Å². The van der Waals surface area contributed by atoms with E-state index >= 15 is 0 Å². The van der Waals surface area contributed by atoms with Crippen molar-refractivity contribution < 1.29 is 14.9 Å². The minimum absolute atomic E-state index is 0.176. The van der Waals surface area contributed by atoms with E-state index in [9.17, 15) is 10.2 Å². The van der Waals surface area contributed by atoms with E-state index in [1.54, 1.807) is 6.92 Å². The zero-order chi connectivity index (χ0) is 23.1. The summed E-state index contributed by atoms with van der Waals surface area (Å²) < 4.78 is 5.83. The molecule has 182 valence electrons. The zero-order valence-electron chi connectivity index (χ0n) is 19.1. The summed E-state index contributed by atoms with van der Waals surface area (Å²) in [6.45, 7) is 3.44. The molecule has 0 amide bonds. The molecule has 0 saturated carbocycles. The summed E-state index contributed by atoms with van der Waals surface area (Å²) in [7, 11) is 0. The second kappa shape index (κ2) is 11.9. The Hall–Kier alpha value is -1.76. The Kier molecular flexibility index (Phi) is 9.26. The van der Waals surface area contributed by atoms with Crippen LogP contribution in [-0.4, -0.2) is 70.5 Å². The summed E-state index contributed by atoms with van der Waals surface area (Å²) in [5.41, 5.74) is 21.8. The van der Waals surface area contributed by atoms with E-state index in [0.29, 0.717) is 30.5 Å². The lowest BCUT2D eigenvalue weighted by Gasteiger charge is -2.30. The number of fused-ring (bicyclic) bond motifs is 1. The smallest absolute Gasteiger partial charge is 0.162 e. The number of nitrogens with one attached hydrogen (secondary N) is 1. The first-order valence-electron chi connectivity index (χ1n) is 11.8. The maximum absolute atomic E-state index is 10.5. The molecule has 0 aromatic carbocycles. The number of nitrogen functional groups attached to an aromatic ring is 1. The van der Waals surface area contributed by atoms with Crippen LogP contribution in [0.1, 0.15) is 58.3 Å². The molecule has 11 nitrogen and oxygen atoms in total. The molecule has 0 spiro atoms. The number of unbranched alkanes of at least 4 members (excludes halogenated alkanes) is 5. The van der Waals surface area contributed by atoms with Crippen molar-refractivity contribution in [2.45, 2.75) is 88.9 Å². The van der Waals surface area contributed by atoms with Gasteiger partial charge in [0.25, 0.3) is 0 Å². The van der Waals surface area contributed by atoms with E-state index in [4.69, 9.17) is 21.9 Å². The van der Waals surface area contributed by atoms with E-state index < -0.39 is 24.5 Å². The van der Waals surface area contributed by atoms with Gasteiger partial charge in [0, 0.05) is 6.04 Å². The van der Waals surface area contributed by atoms with Crippen LogP contribution in [0.2, 0.25) is 0 Å². The molecule has 3 heterocycles. The van der Waals surface area contributed by atoms with Crippen LogP contribution in [0.5, 0.6) is 0 Å². The van der Waals surface area contributed by atoms with E-state index in [-0.39, 0.29) is 6.04 Å². The lowest BCUT2D eigenvalue weighted by atomic mass is 10.0. The van der Waals surface area contributed by atoms with Crippen molar-refractivity contribution >= 4 is 17.3 Å². The number of nitrogens with zero attached hydrogens (tertiary/aromatic N) is 4. The highest BCUT2D eigenvalue weighted by molar-refractivity contribution is 5.81. The Labute approximate surface area is 190 Å². The topological polar surface area (TPSA) is 172 Å². The van der Waals surface area contributed by atoms with Crippen LogP contribution in [-0.2, 0) is 4.74 Å². The highest BCUT2D eigenvalue weighted by Gasteiger charge is 2.47. The third kappa shape index (κ3) is 5.77. The van der Waals surface area contributed by atoms with Gasteiger partial charge >= 0.3 is 0 Å². The number of nitrogens with two attached hydrogens (primary N) is 3. The number of aliphatic hydroxyl groups excluding tert-OH is 2. The SMILES string of the molecule is C[C@H]1O[C@@H](N2CN(NC(CCN)CCCCCCCCN)c3c(N)ncnc32)C(O)C1O. The van der Waals surface area contributed by atoms with Crippen LogP contribution in [0.25, 0.3) is 0 Å². The molecule has 0 bridgehead atoms. The van der Waals surface area contributed by atoms with Gasteiger partial charge in [0.2, 0.25) is 0 Å². The number of rotatable bonds is 13. The van der Waals surface area contributed by atoms with Crippen LogP contribution in [0.4, 0.5) is 17.3 Å². The van der Waals surface area contributed by atoms with Crippen LogP contribution in [0.3, 0.4) is 0 Å². The number of hydrazine groups is 1. The van der Waals surface area contributed by atoms with Crippen molar-refractivity contribution in [3.63, 3.8) is 0 Å². The van der Waals surface area contributed by atoms with Crippen molar-refractivity contribution in [1.82, 2.24) is 15.4 Å². The normalized spacial score (nSPS) is 26.0. The van der Waals surface area contributed by atoms with E-state index in [1.165, 1.54) is 32.0 Å². The monoisotopic (exact) mass is 452 g/mol. The summed E-state index contributed by atoms with van der Waals surface area (Å²) in [4.78, 5) is 10.4. The van der Waals surface area contributed by atoms with Crippen molar-refractivity contribution in [3.05, 3.63) is 6.33 Å². The molecule has 1 aromatic rings. The number of hydrogen-bond acceptors (Lipinski definition) is 11. The zero-order valence-corrected chi connectivity index (χ0v) is 19.1. The fourth-order valence-electron chi connectivity index (χ4n) is 4.47. The number of aromatic nitrogens is 2. The Morgan fingerprint density at radius 1 is 1.06 bits per heavy atom. The van der Waals surface area contributed by atoms with Gasteiger partial charge in [0.05, 0.1) is 6.10 Å². The molecule has 1 fully saturated rings. The molecule has 1 aromatic heterocycles. The van der Waals surface area contributed by atoms with E-state index in [2.05, 4.69) is 15.4 Å². The Morgan fingerprint density at radius 3 is 2.44 bits per heavy atom. The molecular weight excluding hydrogens is 412 g/mol. The second-order valence-corrected chi connectivity index (χ2v) is 8.79. The van der Waals surface area contributed by atoms with Gasteiger partial charge in [0.15, 0.2) is 17.9 Å².